The molecule has 0 bridgehead atoms. The predicted molar refractivity (Wildman–Crippen MR) is 79.6 cm³/mol. The normalized spacial score (nSPS) is 25.9. The Hall–Kier alpha value is -1.53. The number of nitrogens with one attached hydrogen (secondary N) is 1. The Balaban J connectivity index is 1.94. The van der Waals surface area contributed by atoms with Gasteiger partial charge in [0.15, 0.2) is 0 Å². The van der Waals surface area contributed by atoms with Gasteiger partial charge in [0.1, 0.15) is 6.04 Å². The van der Waals surface area contributed by atoms with Crippen LogP contribution >= 0.6 is 0 Å². The summed E-state index contributed by atoms with van der Waals surface area (Å²) in [5.74, 6) is -0.877. The lowest BCUT2D eigenvalue weighted by Gasteiger charge is -2.40. The number of likely N-dealkylation sites (tertiary alicyclic amines) is 1. The third-order valence-electron chi connectivity index (χ3n) is 4.54. The molecule has 0 aromatic rings. The van der Waals surface area contributed by atoms with Gasteiger partial charge >= 0.3 is 6.18 Å². The molecule has 1 aliphatic carbocycles. The monoisotopic (exact) mass is 332 g/mol. The summed E-state index contributed by atoms with van der Waals surface area (Å²) in [6.07, 6.45) is 2.35. The SMILES string of the molecule is CC(=O)N1C[C@@H](NC(=O)C=C2CCCCC2)CC[C@@H]1C(F)(F)F. The molecule has 1 N–H and O–H groups in total. The number of nitrogens with zero attached hydrogens (tertiary/aromatic N) is 1. The number of hydrogen-bond donors (Lipinski definition) is 1. The zero-order valence-corrected chi connectivity index (χ0v) is 13.3. The minimum atomic E-state index is -4.43. The third-order valence-corrected chi connectivity index (χ3v) is 4.54. The van der Waals surface area contributed by atoms with Gasteiger partial charge in [-0.3, -0.25) is 9.59 Å². The van der Waals surface area contributed by atoms with Crippen molar-refractivity contribution in [1.82, 2.24) is 10.2 Å². The van der Waals surface area contributed by atoms with Crippen LogP contribution in [0.15, 0.2) is 11.6 Å². The van der Waals surface area contributed by atoms with E-state index in [0.29, 0.717) is 0 Å². The third kappa shape index (κ3) is 4.97. The van der Waals surface area contributed by atoms with Gasteiger partial charge in [-0.1, -0.05) is 12.0 Å². The molecule has 23 heavy (non-hydrogen) atoms. The van der Waals surface area contributed by atoms with E-state index in [1.54, 1.807) is 6.08 Å². The van der Waals surface area contributed by atoms with Crippen molar-refractivity contribution in [1.29, 1.82) is 0 Å². The van der Waals surface area contributed by atoms with E-state index >= 15 is 0 Å². The second-order valence-corrected chi connectivity index (χ2v) is 6.37. The van der Waals surface area contributed by atoms with Crippen molar-refractivity contribution < 1.29 is 22.8 Å². The zero-order chi connectivity index (χ0) is 17.0. The quantitative estimate of drug-likeness (QED) is 0.791. The lowest BCUT2D eigenvalue weighted by Crippen LogP contribution is -2.57. The minimum Gasteiger partial charge on any atom is -0.348 e. The molecular weight excluding hydrogens is 309 g/mol. The van der Waals surface area contributed by atoms with Gasteiger partial charge in [0, 0.05) is 25.6 Å². The maximum absolute atomic E-state index is 13.0. The number of piperidine rings is 1. The smallest absolute Gasteiger partial charge is 0.348 e. The predicted octanol–water partition coefficient (Wildman–Crippen LogP) is 2.93. The van der Waals surface area contributed by atoms with E-state index in [2.05, 4.69) is 5.32 Å². The summed E-state index contributed by atoms with van der Waals surface area (Å²) < 4.78 is 38.9. The van der Waals surface area contributed by atoms with Crippen molar-refractivity contribution in [3.8, 4) is 0 Å². The van der Waals surface area contributed by atoms with Crippen molar-refractivity contribution in [2.75, 3.05) is 6.54 Å². The first-order valence-electron chi connectivity index (χ1n) is 8.11. The highest BCUT2D eigenvalue weighted by molar-refractivity contribution is 5.88. The van der Waals surface area contributed by atoms with E-state index in [0.717, 1.165) is 43.1 Å². The molecule has 2 amide bonds. The van der Waals surface area contributed by atoms with Crippen LogP contribution < -0.4 is 5.32 Å². The summed E-state index contributed by atoms with van der Waals surface area (Å²) in [7, 11) is 0. The van der Waals surface area contributed by atoms with Crippen LogP contribution in [0.2, 0.25) is 0 Å². The van der Waals surface area contributed by atoms with Gasteiger partial charge in [-0.2, -0.15) is 13.2 Å². The molecule has 0 spiro atoms. The lowest BCUT2D eigenvalue weighted by molar-refractivity contribution is -0.196. The van der Waals surface area contributed by atoms with E-state index in [1.165, 1.54) is 6.42 Å². The first kappa shape index (κ1) is 17.8. The highest BCUT2D eigenvalue weighted by Crippen LogP contribution is 2.32. The summed E-state index contributed by atoms with van der Waals surface area (Å²) in [5.41, 5.74) is 1.10. The average molecular weight is 332 g/mol. The van der Waals surface area contributed by atoms with Crippen molar-refractivity contribution >= 4 is 11.8 Å². The topological polar surface area (TPSA) is 49.4 Å². The molecule has 2 aliphatic rings. The van der Waals surface area contributed by atoms with Crippen LogP contribution in [0.4, 0.5) is 13.2 Å². The Labute approximate surface area is 134 Å². The van der Waals surface area contributed by atoms with E-state index in [4.69, 9.17) is 0 Å². The molecule has 4 nitrogen and oxygen atoms in total. The molecule has 0 radical (unpaired) electrons. The van der Waals surface area contributed by atoms with Crippen LogP contribution in [0, 0.1) is 0 Å². The van der Waals surface area contributed by atoms with E-state index in [9.17, 15) is 22.8 Å². The number of amides is 2. The second-order valence-electron chi connectivity index (χ2n) is 6.37. The first-order chi connectivity index (χ1) is 10.8. The van der Waals surface area contributed by atoms with Crippen LogP contribution in [-0.2, 0) is 9.59 Å². The second kappa shape index (κ2) is 7.36. The number of hydrogen-bond acceptors (Lipinski definition) is 2. The standard InChI is InChI=1S/C16H23F3N2O2/c1-11(22)21-10-13(7-8-14(21)16(17,18)19)20-15(23)9-12-5-3-2-4-6-12/h9,13-14H,2-8,10H2,1H3,(H,20,23)/t13-,14+/m0/s1. The number of allylic oxidation sites excluding steroid dienone is 1. The highest BCUT2D eigenvalue weighted by Gasteiger charge is 2.47. The zero-order valence-electron chi connectivity index (χ0n) is 13.3. The molecule has 1 aliphatic heterocycles. The van der Waals surface area contributed by atoms with Crippen molar-refractivity contribution in [2.45, 2.75) is 70.1 Å². The Bertz CT molecular complexity index is 480. The Kier molecular flexibility index (Phi) is 5.70. The van der Waals surface area contributed by atoms with Crippen LogP contribution in [-0.4, -0.2) is 41.5 Å². The molecule has 7 heteroatoms. The average Bonchev–Trinajstić information content (AvgIpc) is 2.46. The maximum atomic E-state index is 13.0. The van der Waals surface area contributed by atoms with Crippen molar-refractivity contribution in [3.63, 3.8) is 0 Å². The first-order valence-corrected chi connectivity index (χ1v) is 8.11. The van der Waals surface area contributed by atoms with Crippen molar-refractivity contribution in [2.24, 2.45) is 0 Å². The minimum absolute atomic E-state index is 0.0889. The maximum Gasteiger partial charge on any atom is 0.408 e. The molecule has 130 valence electrons. The summed E-state index contributed by atoms with van der Waals surface area (Å²) in [5, 5.41) is 2.75. The van der Waals surface area contributed by atoms with E-state index < -0.39 is 24.2 Å². The Morgan fingerprint density at radius 1 is 1.17 bits per heavy atom. The fraction of sp³-hybridized carbons (Fsp3) is 0.750. The molecule has 0 aromatic carbocycles. The van der Waals surface area contributed by atoms with Gasteiger partial charge in [-0.25, -0.2) is 0 Å². The molecule has 0 aromatic heterocycles. The lowest BCUT2D eigenvalue weighted by atomic mass is 9.94. The van der Waals surface area contributed by atoms with Crippen LogP contribution in [0.5, 0.6) is 0 Å². The van der Waals surface area contributed by atoms with Gasteiger partial charge in [-0.05, 0) is 38.5 Å². The largest absolute Gasteiger partial charge is 0.408 e. The molecule has 2 fully saturated rings. The van der Waals surface area contributed by atoms with Gasteiger partial charge in [-0.15, -0.1) is 0 Å². The molecule has 1 heterocycles. The van der Waals surface area contributed by atoms with Gasteiger partial charge in [0.05, 0.1) is 0 Å². The number of rotatable bonds is 2. The van der Waals surface area contributed by atoms with Crippen LogP contribution in [0.3, 0.4) is 0 Å². The number of carbonyl (C=O) groups excluding carboxylic acids is 2. The summed E-state index contributed by atoms with van der Waals surface area (Å²) in [6.45, 7) is 1.04. The highest BCUT2D eigenvalue weighted by atomic mass is 19.4. The fourth-order valence-corrected chi connectivity index (χ4v) is 3.36. The molecule has 1 saturated carbocycles. The summed E-state index contributed by atoms with van der Waals surface area (Å²) >= 11 is 0. The fourth-order valence-electron chi connectivity index (χ4n) is 3.36. The number of carbonyl (C=O) groups is 2. The molecule has 1 saturated heterocycles. The van der Waals surface area contributed by atoms with Gasteiger partial charge in [0.2, 0.25) is 11.8 Å². The number of halogens is 3. The summed E-state index contributed by atoms with van der Waals surface area (Å²) in [4.78, 5) is 24.3. The van der Waals surface area contributed by atoms with Crippen molar-refractivity contribution in [3.05, 3.63) is 11.6 Å². The molecule has 2 atom stereocenters. The summed E-state index contributed by atoms with van der Waals surface area (Å²) in [6, 6.07) is -2.17. The Morgan fingerprint density at radius 3 is 2.39 bits per heavy atom. The van der Waals surface area contributed by atoms with E-state index in [-0.39, 0.29) is 25.3 Å². The Morgan fingerprint density at radius 2 is 1.83 bits per heavy atom. The molecule has 2 rings (SSSR count). The van der Waals surface area contributed by atoms with Gasteiger partial charge < -0.3 is 10.2 Å². The number of alkyl halides is 3. The van der Waals surface area contributed by atoms with Gasteiger partial charge in [0.25, 0.3) is 0 Å². The van der Waals surface area contributed by atoms with Crippen LogP contribution in [0.1, 0.15) is 51.9 Å². The molecular formula is C16H23F3N2O2. The van der Waals surface area contributed by atoms with E-state index in [1.807, 2.05) is 0 Å². The molecule has 0 unspecified atom stereocenters. The van der Waals surface area contributed by atoms with Crippen LogP contribution in [0.25, 0.3) is 0 Å².